The van der Waals surface area contributed by atoms with E-state index in [1.54, 1.807) is 37.5 Å². The summed E-state index contributed by atoms with van der Waals surface area (Å²) in [5, 5.41) is 16.9. The maximum absolute atomic E-state index is 13.4. The molecule has 2 heterocycles. The van der Waals surface area contributed by atoms with Crippen LogP contribution >= 0.6 is 0 Å². The zero-order chi connectivity index (χ0) is 28.3. The molecule has 39 heavy (non-hydrogen) atoms. The molecule has 0 fully saturated rings. The molecule has 0 amide bonds. The fourth-order valence-electron chi connectivity index (χ4n) is 4.52. The molecule has 0 aliphatic heterocycles. The van der Waals surface area contributed by atoms with Gasteiger partial charge in [-0.2, -0.15) is 14.0 Å². The number of likely N-dealkylation sites (N-methyl/N-ethyl adjacent to an activating group) is 2. The Labute approximate surface area is 226 Å². The van der Waals surface area contributed by atoms with Gasteiger partial charge < -0.3 is 29.7 Å². The van der Waals surface area contributed by atoms with E-state index in [0.717, 1.165) is 34.3 Å². The second-order valence-corrected chi connectivity index (χ2v) is 9.56. The Morgan fingerprint density at radius 3 is 2.56 bits per heavy atom. The van der Waals surface area contributed by atoms with Crippen molar-refractivity contribution in [3.05, 3.63) is 53.9 Å². The number of fused-ring (bicyclic) bond motifs is 1. The molecule has 0 atom stereocenters. The van der Waals surface area contributed by atoms with Crippen LogP contribution in [0.1, 0.15) is 11.1 Å². The lowest BCUT2D eigenvalue weighted by Gasteiger charge is -2.26. The number of aryl methyl sites for hydroxylation is 2. The van der Waals surface area contributed by atoms with Gasteiger partial charge in [0.1, 0.15) is 6.07 Å². The summed E-state index contributed by atoms with van der Waals surface area (Å²) in [5.74, 6) is 0.170. The van der Waals surface area contributed by atoms with Gasteiger partial charge in [0, 0.05) is 63.6 Å². The zero-order valence-electron chi connectivity index (χ0n) is 22.9. The maximum Gasteiger partial charge on any atom is 0.387 e. The predicted octanol–water partition coefficient (Wildman–Crippen LogP) is 5.20. The van der Waals surface area contributed by atoms with Crippen LogP contribution in [0.15, 0.2) is 42.7 Å². The summed E-state index contributed by atoms with van der Waals surface area (Å²) < 4.78 is 33.6. The fourth-order valence-corrected chi connectivity index (χ4v) is 4.52. The highest BCUT2D eigenvalue weighted by Gasteiger charge is 2.18. The number of hydrogen-bond acceptors (Lipinski definition) is 8. The Morgan fingerprint density at radius 1 is 1.13 bits per heavy atom. The number of nitrogens with zero attached hydrogens (tertiary/aromatic N) is 6. The van der Waals surface area contributed by atoms with Crippen LogP contribution in [0.2, 0.25) is 0 Å². The summed E-state index contributed by atoms with van der Waals surface area (Å²) in [6.07, 6.45) is 3.56. The molecule has 2 aromatic heterocycles. The minimum atomic E-state index is -3.01. The van der Waals surface area contributed by atoms with E-state index in [1.165, 1.54) is 0 Å². The van der Waals surface area contributed by atoms with Crippen LogP contribution in [-0.4, -0.2) is 67.3 Å². The number of anilines is 4. The second-order valence-electron chi connectivity index (χ2n) is 9.56. The van der Waals surface area contributed by atoms with Crippen molar-refractivity contribution in [3.8, 4) is 23.1 Å². The molecular weight excluding hydrogens is 502 g/mol. The second kappa shape index (κ2) is 11.5. The van der Waals surface area contributed by atoms with E-state index in [2.05, 4.69) is 26.7 Å². The molecule has 0 saturated heterocycles. The smallest absolute Gasteiger partial charge is 0.387 e. The molecule has 11 heteroatoms. The lowest BCUT2D eigenvalue weighted by Crippen LogP contribution is -2.29. The van der Waals surface area contributed by atoms with Crippen molar-refractivity contribution in [3.63, 3.8) is 0 Å². The number of aromatic nitrogens is 3. The standard InChI is InChI=1S/C28H32F2N8O/c1-17-16-38(6)26-19(15-31)11-18(12-20(17)26)21-7-8-33-28(34-21)35-23-13-22(32-2)24(14-25(23)39-27(29)30)37(5)10-9-36(3)4/h7-8,11-14,16,27,32H,9-10H2,1-6H3,(H,33,34,35). The van der Waals surface area contributed by atoms with Gasteiger partial charge in [-0.1, -0.05) is 0 Å². The van der Waals surface area contributed by atoms with E-state index >= 15 is 0 Å². The molecule has 0 unspecified atom stereocenters. The molecule has 2 N–H and O–H groups in total. The van der Waals surface area contributed by atoms with Crippen molar-refractivity contribution in [2.75, 3.05) is 56.8 Å². The first-order valence-electron chi connectivity index (χ1n) is 12.4. The summed E-state index contributed by atoms with van der Waals surface area (Å²) in [5.41, 5.74) is 5.49. The molecule has 4 aromatic rings. The maximum atomic E-state index is 13.4. The Kier molecular flexibility index (Phi) is 8.16. The largest absolute Gasteiger partial charge is 0.433 e. The Bertz CT molecular complexity index is 1530. The van der Waals surface area contributed by atoms with Gasteiger partial charge in [0.2, 0.25) is 5.95 Å². The van der Waals surface area contributed by atoms with E-state index < -0.39 is 6.61 Å². The molecule has 0 radical (unpaired) electrons. The summed E-state index contributed by atoms with van der Waals surface area (Å²) >= 11 is 0. The van der Waals surface area contributed by atoms with Gasteiger partial charge in [-0.25, -0.2) is 9.97 Å². The van der Waals surface area contributed by atoms with Crippen molar-refractivity contribution < 1.29 is 13.5 Å². The van der Waals surface area contributed by atoms with Crippen molar-refractivity contribution >= 4 is 33.9 Å². The quantitative estimate of drug-likeness (QED) is 0.287. The number of hydrogen-bond donors (Lipinski definition) is 2. The first kappa shape index (κ1) is 27.6. The Morgan fingerprint density at radius 2 is 1.90 bits per heavy atom. The normalized spacial score (nSPS) is 11.2. The highest BCUT2D eigenvalue weighted by Crippen LogP contribution is 2.39. The molecule has 9 nitrogen and oxygen atoms in total. The van der Waals surface area contributed by atoms with Gasteiger partial charge in [-0.3, -0.25) is 0 Å². The fraction of sp³-hybridized carbons (Fsp3) is 0.321. The van der Waals surface area contributed by atoms with Crippen molar-refractivity contribution in [2.24, 2.45) is 7.05 Å². The van der Waals surface area contributed by atoms with Gasteiger partial charge >= 0.3 is 6.61 Å². The van der Waals surface area contributed by atoms with Gasteiger partial charge in [-0.05, 0) is 50.8 Å². The highest BCUT2D eigenvalue weighted by molar-refractivity contribution is 5.92. The topological polar surface area (TPSA) is 94.3 Å². The molecule has 0 spiro atoms. The molecule has 0 bridgehead atoms. The van der Waals surface area contributed by atoms with Gasteiger partial charge in [-0.15, -0.1) is 0 Å². The summed E-state index contributed by atoms with van der Waals surface area (Å²) in [6.45, 7) is 0.450. The molecule has 2 aromatic carbocycles. The van der Waals surface area contributed by atoms with Gasteiger partial charge in [0.15, 0.2) is 5.75 Å². The monoisotopic (exact) mass is 534 g/mol. The van der Waals surface area contributed by atoms with Crippen molar-refractivity contribution in [1.29, 1.82) is 5.26 Å². The summed E-state index contributed by atoms with van der Waals surface area (Å²) in [7, 11) is 9.51. The van der Waals surface area contributed by atoms with E-state index in [1.807, 2.05) is 61.7 Å². The third kappa shape index (κ3) is 6.02. The highest BCUT2D eigenvalue weighted by atomic mass is 19.3. The Hall–Kier alpha value is -4.43. The minimum absolute atomic E-state index is 0.0298. The van der Waals surface area contributed by atoms with Crippen LogP contribution < -0.4 is 20.3 Å². The molecular formula is C28H32F2N8O. The predicted molar refractivity (Wildman–Crippen MR) is 151 cm³/mol. The lowest BCUT2D eigenvalue weighted by atomic mass is 10.0. The molecule has 0 saturated carbocycles. The third-order valence-electron chi connectivity index (χ3n) is 6.47. The number of nitrogens with one attached hydrogen (secondary N) is 2. The van der Waals surface area contributed by atoms with E-state index in [9.17, 15) is 14.0 Å². The number of alkyl halides is 2. The first-order chi connectivity index (χ1) is 18.6. The Balaban J connectivity index is 1.72. The molecule has 0 aliphatic carbocycles. The number of rotatable bonds is 10. The van der Waals surface area contributed by atoms with Gasteiger partial charge in [0.25, 0.3) is 0 Å². The SMILES string of the molecule is CNc1cc(Nc2nccc(-c3cc(C#N)c4c(c3)c(C)cn4C)n2)c(OC(F)F)cc1N(C)CCN(C)C. The van der Waals surface area contributed by atoms with Crippen LogP contribution in [0.3, 0.4) is 0 Å². The average molecular weight is 535 g/mol. The van der Waals surface area contributed by atoms with Crippen molar-refractivity contribution in [1.82, 2.24) is 19.4 Å². The number of ether oxygens (including phenoxy) is 1. The zero-order valence-corrected chi connectivity index (χ0v) is 22.9. The van der Waals surface area contributed by atoms with Crippen LogP contribution in [0.4, 0.5) is 31.8 Å². The van der Waals surface area contributed by atoms with Crippen LogP contribution in [0.25, 0.3) is 22.2 Å². The van der Waals surface area contributed by atoms with Crippen LogP contribution in [0.5, 0.6) is 5.75 Å². The number of nitriles is 1. The van der Waals surface area contributed by atoms with Crippen LogP contribution in [-0.2, 0) is 7.05 Å². The van der Waals surface area contributed by atoms with Gasteiger partial charge in [0.05, 0.1) is 33.8 Å². The summed E-state index contributed by atoms with van der Waals surface area (Å²) in [6, 6.07) is 11.1. The molecule has 0 aliphatic rings. The molecule has 204 valence electrons. The van der Waals surface area contributed by atoms with E-state index in [0.29, 0.717) is 23.5 Å². The average Bonchev–Trinajstić information content (AvgIpc) is 3.20. The third-order valence-corrected chi connectivity index (χ3v) is 6.47. The number of halogens is 2. The van der Waals surface area contributed by atoms with Crippen molar-refractivity contribution in [2.45, 2.75) is 13.5 Å². The minimum Gasteiger partial charge on any atom is -0.433 e. The first-order valence-corrected chi connectivity index (χ1v) is 12.4. The van der Waals surface area contributed by atoms with Crippen LogP contribution in [0, 0.1) is 18.3 Å². The lowest BCUT2D eigenvalue weighted by molar-refractivity contribution is -0.0493. The van der Waals surface area contributed by atoms with E-state index in [4.69, 9.17) is 4.74 Å². The van der Waals surface area contributed by atoms with E-state index in [-0.39, 0.29) is 17.4 Å². The number of benzene rings is 2. The molecule has 4 rings (SSSR count). The summed E-state index contributed by atoms with van der Waals surface area (Å²) in [4.78, 5) is 12.9.